The topological polar surface area (TPSA) is 21.6 Å². The number of nitrogens with zero attached hydrogens (tertiary/aromatic N) is 1. The molecule has 0 aromatic rings. The van der Waals surface area contributed by atoms with Gasteiger partial charge < -0.3 is 4.74 Å². The summed E-state index contributed by atoms with van der Waals surface area (Å²) in [7, 11) is 1.59. The fraction of sp³-hybridized carbons (Fsp3) is 0.250. The van der Waals surface area contributed by atoms with Crippen LogP contribution in [0, 0.1) is 0 Å². The van der Waals surface area contributed by atoms with E-state index in [2.05, 4.69) is 24.0 Å². The molecule has 2 heteroatoms. The number of allylic oxidation sites excluding steroid dienone is 2. The third-order valence-corrected chi connectivity index (χ3v) is 0.915. The van der Waals surface area contributed by atoms with Crippen molar-refractivity contribution in [3.63, 3.8) is 0 Å². The SMILES string of the molecule is C=C=NC(=C)/C=C(\C)OC. The molecule has 0 aromatic carbocycles. The molecule has 0 aliphatic carbocycles. The zero-order chi connectivity index (χ0) is 7.98. The van der Waals surface area contributed by atoms with E-state index in [1.165, 1.54) is 0 Å². The molecule has 0 spiro atoms. The van der Waals surface area contributed by atoms with Gasteiger partial charge in [-0.15, -0.1) is 0 Å². The molecule has 0 atom stereocenters. The molecule has 0 saturated heterocycles. The van der Waals surface area contributed by atoms with Gasteiger partial charge in [0.25, 0.3) is 0 Å². The van der Waals surface area contributed by atoms with Crippen LogP contribution in [0.25, 0.3) is 0 Å². The lowest BCUT2D eigenvalue weighted by molar-refractivity contribution is 0.293. The minimum absolute atomic E-state index is 0.592. The Kier molecular flexibility index (Phi) is 4.01. The highest BCUT2D eigenvalue weighted by atomic mass is 16.5. The van der Waals surface area contributed by atoms with Crippen molar-refractivity contribution in [1.29, 1.82) is 0 Å². The monoisotopic (exact) mass is 137 g/mol. The first-order valence-electron chi connectivity index (χ1n) is 2.84. The first kappa shape index (κ1) is 8.73. The second-order valence-electron chi connectivity index (χ2n) is 1.72. The number of hydrogen-bond donors (Lipinski definition) is 0. The average molecular weight is 137 g/mol. The van der Waals surface area contributed by atoms with Crippen molar-refractivity contribution in [2.24, 2.45) is 4.99 Å². The van der Waals surface area contributed by atoms with E-state index in [0.717, 1.165) is 5.76 Å². The third kappa shape index (κ3) is 3.70. The van der Waals surface area contributed by atoms with Crippen LogP contribution in [-0.2, 0) is 4.74 Å². The quantitative estimate of drug-likeness (QED) is 0.331. The van der Waals surface area contributed by atoms with Crippen LogP contribution < -0.4 is 0 Å². The highest BCUT2D eigenvalue weighted by Gasteiger charge is 1.85. The number of rotatable bonds is 3. The predicted octanol–water partition coefficient (Wildman–Crippen LogP) is 1.91. The van der Waals surface area contributed by atoms with Gasteiger partial charge in [-0.2, -0.15) is 0 Å². The van der Waals surface area contributed by atoms with Crippen LogP contribution >= 0.6 is 0 Å². The van der Waals surface area contributed by atoms with Crippen LogP contribution in [0.3, 0.4) is 0 Å². The Morgan fingerprint density at radius 3 is 2.70 bits per heavy atom. The Balaban J connectivity index is 4.12. The van der Waals surface area contributed by atoms with Crippen molar-refractivity contribution in [1.82, 2.24) is 0 Å². The fourth-order valence-corrected chi connectivity index (χ4v) is 0.427. The maximum absolute atomic E-state index is 4.86. The van der Waals surface area contributed by atoms with E-state index in [1.807, 2.05) is 6.92 Å². The van der Waals surface area contributed by atoms with Crippen LogP contribution in [0.2, 0.25) is 0 Å². The van der Waals surface area contributed by atoms with Gasteiger partial charge in [0.15, 0.2) is 0 Å². The van der Waals surface area contributed by atoms with Crippen LogP contribution in [-0.4, -0.2) is 13.0 Å². The van der Waals surface area contributed by atoms with E-state index in [4.69, 9.17) is 4.74 Å². The first-order valence-corrected chi connectivity index (χ1v) is 2.84. The molecule has 2 nitrogen and oxygen atoms in total. The van der Waals surface area contributed by atoms with Crippen LogP contribution in [0.1, 0.15) is 6.92 Å². The summed E-state index contributed by atoms with van der Waals surface area (Å²) in [6, 6.07) is 0. The molecule has 0 aromatic heterocycles. The molecule has 0 fully saturated rings. The van der Waals surface area contributed by atoms with Gasteiger partial charge in [-0.05, 0) is 19.4 Å². The zero-order valence-electron chi connectivity index (χ0n) is 6.35. The smallest absolute Gasteiger partial charge is 0.0946 e. The molecule has 0 N–H and O–H groups in total. The molecule has 0 aliphatic rings. The number of aliphatic imine (C=N–C) groups is 1. The summed E-state index contributed by atoms with van der Waals surface area (Å²) in [5.74, 6) is 3.14. The van der Waals surface area contributed by atoms with E-state index in [0.29, 0.717) is 5.70 Å². The van der Waals surface area contributed by atoms with E-state index < -0.39 is 0 Å². The second-order valence-corrected chi connectivity index (χ2v) is 1.72. The third-order valence-electron chi connectivity index (χ3n) is 0.915. The standard InChI is InChI=1S/C8H11NO/c1-5-9-7(2)6-8(3)10-4/h6H,1-2H2,3-4H3/b8-6+. The van der Waals surface area contributed by atoms with Crippen molar-refractivity contribution in [2.75, 3.05) is 7.11 Å². The first-order chi connectivity index (χ1) is 4.70. The molecule has 0 rings (SSSR count). The zero-order valence-corrected chi connectivity index (χ0v) is 6.35. The van der Waals surface area contributed by atoms with Gasteiger partial charge in [-0.3, -0.25) is 0 Å². The van der Waals surface area contributed by atoms with Crippen molar-refractivity contribution >= 4 is 5.87 Å². The maximum Gasteiger partial charge on any atom is 0.0946 e. The summed E-state index contributed by atoms with van der Waals surface area (Å²) in [6.07, 6.45) is 1.71. The van der Waals surface area contributed by atoms with Gasteiger partial charge in [0.1, 0.15) is 0 Å². The Morgan fingerprint density at radius 1 is 1.70 bits per heavy atom. The Labute approximate surface area is 61.2 Å². The van der Waals surface area contributed by atoms with Crippen molar-refractivity contribution in [2.45, 2.75) is 6.92 Å². The van der Waals surface area contributed by atoms with Gasteiger partial charge in [0, 0.05) is 6.08 Å². The van der Waals surface area contributed by atoms with Crippen molar-refractivity contribution in [3.05, 3.63) is 30.7 Å². The number of hydrogen-bond acceptors (Lipinski definition) is 2. The molecular formula is C8H11NO. The molecule has 54 valence electrons. The molecule has 0 heterocycles. The highest BCUT2D eigenvalue weighted by Crippen LogP contribution is 1.99. The Hall–Kier alpha value is -1.27. The summed E-state index contributed by atoms with van der Waals surface area (Å²) in [5.41, 5.74) is 0.592. The molecule has 0 unspecified atom stereocenters. The van der Waals surface area contributed by atoms with Gasteiger partial charge in [-0.25, -0.2) is 4.99 Å². The van der Waals surface area contributed by atoms with Gasteiger partial charge >= 0.3 is 0 Å². The highest BCUT2D eigenvalue weighted by molar-refractivity contribution is 5.49. The predicted molar refractivity (Wildman–Crippen MR) is 43.0 cm³/mol. The van der Waals surface area contributed by atoms with E-state index in [-0.39, 0.29) is 0 Å². The van der Waals surface area contributed by atoms with Crippen LogP contribution in [0.15, 0.2) is 35.7 Å². The summed E-state index contributed by atoms with van der Waals surface area (Å²) >= 11 is 0. The van der Waals surface area contributed by atoms with E-state index in [1.54, 1.807) is 13.2 Å². The molecule has 0 bridgehead atoms. The lowest BCUT2D eigenvalue weighted by Crippen LogP contribution is -1.79. The molecule has 10 heavy (non-hydrogen) atoms. The summed E-state index contributed by atoms with van der Waals surface area (Å²) in [6.45, 7) is 8.74. The van der Waals surface area contributed by atoms with Gasteiger partial charge in [0.05, 0.1) is 18.6 Å². The number of ether oxygens (including phenoxy) is 1. The lowest BCUT2D eigenvalue weighted by Gasteiger charge is -1.95. The Morgan fingerprint density at radius 2 is 2.30 bits per heavy atom. The summed E-state index contributed by atoms with van der Waals surface area (Å²) in [5, 5.41) is 0. The normalized spacial score (nSPS) is 10.0. The van der Waals surface area contributed by atoms with Crippen molar-refractivity contribution in [3.8, 4) is 0 Å². The second kappa shape index (κ2) is 4.59. The van der Waals surface area contributed by atoms with Crippen LogP contribution in [0.5, 0.6) is 0 Å². The summed E-state index contributed by atoms with van der Waals surface area (Å²) in [4.78, 5) is 3.70. The minimum Gasteiger partial charge on any atom is -0.501 e. The Bertz CT molecular complexity index is 197. The van der Waals surface area contributed by atoms with Gasteiger partial charge in [0.2, 0.25) is 0 Å². The van der Waals surface area contributed by atoms with Crippen molar-refractivity contribution < 1.29 is 4.74 Å². The van der Waals surface area contributed by atoms with Crippen LogP contribution in [0.4, 0.5) is 0 Å². The van der Waals surface area contributed by atoms with E-state index >= 15 is 0 Å². The fourth-order valence-electron chi connectivity index (χ4n) is 0.427. The molecule has 0 radical (unpaired) electrons. The van der Waals surface area contributed by atoms with E-state index in [9.17, 15) is 0 Å². The minimum atomic E-state index is 0.592. The summed E-state index contributed by atoms with van der Waals surface area (Å²) < 4.78 is 4.86. The maximum atomic E-state index is 4.86. The molecule has 0 aliphatic heterocycles. The lowest BCUT2D eigenvalue weighted by atomic mass is 10.4. The van der Waals surface area contributed by atoms with Gasteiger partial charge in [-0.1, -0.05) is 6.58 Å². The molecule has 0 saturated carbocycles. The largest absolute Gasteiger partial charge is 0.501 e. The molecular weight excluding hydrogens is 126 g/mol. The number of methoxy groups -OCH3 is 1. The average Bonchev–Trinajstić information content (AvgIpc) is 1.88. The molecule has 0 amide bonds.